The van der Waals surface area contributed by atoms with Crippen LogP contribution in [-0.2, 0) is 12.8 Å². The van der Waals surface area contributed by atoms with Crippen molar-refractivity contribution in [3.05, 3.63) is 71.7 Å². The van der Waals surface area contributed by atoms with Crippen molar-refractivity contribution in [1.82, 2.24) is 19.5 Å². The minimum Gasteiger partial charge on any atom is -0.404 e. The minimum atomic E-state index is -2.83. The van der Waals surface area contributed by atoms with Gasteiger partial charge in [0, 0.05) is 29.9 Å². The minimum absolute atomic E-state index is 0.279. The van der Waals surface area contributed by atoms with Gasteiger partial charge in [-0.05, 0) is 66.8 Å². The van der Waals surface area contributed by atoms with Gasteiger partial charge in [-0.15, -0.1) is 0 Å². The van der Waals surface area contributed by atoms with Crippen molar-refractivity contribution in [3.8, 4) is 17.1 Å². The van der Waals surface area contributed by atoms with Gasteiger partial charge in [0.05, 0.1) is 11.3 Å². The summed E-state index contributed by atoms with van der Waals surface area (Å²) in [6, 6.07) is 13.4. The molecular formula is C24H21F2N7. The molecule has 0 bridgehead atoms. The highest BCUT2D eigenvalue weighted by molar-refractivity contribution is 6.09. The summed E-state index contributed by atoms with van der Waals surface area (Å²) < 4.78 is 27.1. The first kappa shape index (κ1) is 20.7. The van der Waals surface area contributed by atoms with Crippen molar-refractivity contribution < 1.29 is 8.78 Å². The van der Waals surface area contributed by atoms with Crippen LogP contribution in [0.5, 0.6) is 0 Å². The van der Waals surface area contributed by atoms with Gasteiger partial charge in [-0.3, -0.25) is 4.57 Å². The second kappa shape index (κ2) is 8.42. The van der Waals surface area contributed by atoms with E-state index in [-0.39, 0.29) is 5.57 Å². The average molecular weight is 445 g/mol. The summed E-state index contributed by atoms with van der Waals surface area (Å²) in [5.74, 6) is 0.944. The molecule has 7 nitrogen and oxygen atoms in total. The van der Waals surface area contributed by atoms with E-state index in [1.165, 1.54) is 17.3 Å². The smallest absolute Gasteiger partial charge is 0.331 e. The van der Waals surface area contributed by atoms with E-state index in [0.29, 0.717) is 34.1 Å². The van der Waals surface area contributed by atoms with Gasteiger partial charge < -0.3 is 11.5 Å². The number of imidazole rings is 1. The molecule has 0 atom stereocenters. The van der Waals surface area contributed by atoms with Gasteiger partial charge in [-0.1, -0.05) is 6.07 Å². The quantitative estimate of drug-likeness (QED) is 0.354. The highest BCUT2D eigenvalue weighted by atomic mass is 19.3. The molecule has 5 rings (SSSR count). The van der Waals surface area contributed by atoms with E-state index in [0.717, 1.165) is 31.2 Å². The maximum absolute atomic E-state index is 12.6. The number of benzene rings is 1. The summed E-state index contributed by atoms with van der Waals surface area (Å²) in [6.07, 6.45) is 7.06. The van der Waals surface area contributed by atoms with Crippen LogP contribution >= 0.6 is 0 Å². The van der Waals surface area contributed by atoms with Crippen LogP contribution in [0.1, 0.15) is 23.2 Å². The number of nitrogen functional groups attached to an aromatic ring is 1. The molecule has 166 valence electrons. The lowest BCUT2D eigenvalue weighted by Crippen LogP contribution is -2.03. The Hall–Kier alpha value is -4.14. The topological polar surface area (TPSA) is 108 Å². The van der Waals surface area contributed by atoms with E-state index < -0.39 is 6.55 Å². The van der Waals surface area contributed by atoms with Crippen molar-refractivity contribution in [3.63, 3.8) is 0 Å². The van der Waals surface area contributed by atoms with Crippen molar-refractivity contribution in [1.29, 1.82) is 0 Å². The van der Waals surface area contributed by atoms with Gasteiger partial charge in [-0.25, -0.2) is 19.9 Å². The third-order valence-electron chi connectivity index (χ3n) is 5.73. The largest absolute Gasteiger partial charge is 0.404 e. The first-order valence-electron chi connectivity index (χ1n) is 10.5. The van der Waals surface area contributed by atoms with Crippen molar-refractivity contribution in [2.45, 2.75) is 25.8 Å². The number of halogens is 2. The third-order valence-corrected chi connectivity index (χ3v) is 5.73. The Kier molecular flexibility index (Phi) is 5.29. The molecule has 0 saturated heterocycles. The second-order valence-corrected chi connectivity index (χ2v) is 7.73. The number of nitrogens with zero attached hydrogens (tertiary/aromatic N) is 5. The summed E-state index contributed by atoms with van der Waals surface area (Å²) in [5, 5.41) is 0. The average Bonchev–Trinajstić information content (AvgIpc) is 3.43. The molecule has 0 spiro atoms. The number of alkyl halides is 2. The molecule has 0 aliphatic heterocycles. The molecular weight excluding hydrogens is 424 g/mol. The standard InChI is InChI=1S/C24H21F2N7/c25-24(26)30-13-16(12-27)19-8-9-20-23(31-19)33(17-7-6-14-3-1-4-15(14)11-17)22(32-20)18-5-2-10-29-21(18)28/h2,5-13,24H,1,3-4,27H2,(H2,28,29)/b16-12+,30-13+. The van der Waals surface area contributed by atoms with Crippen molar-refractivity contribution in [2.24, 2.45) is 10.7 Å². The molecule has 1 aromatic carbocycles. The number of hydrogen-bond acceptors (Lipinski definition) is 6. The van der Waals surface area contributed by atoms with Gasteiger partial charge in [0.2, 0.25) is 0 Å². The number of allylic oxidation sites excluding steroid dienone is 1. The van der Waals surface area contributed by atoms with Crippen LogP contribution in [0.15, 0.2) is 59.9 Å². The molecule has 0 amide bonds. The fourth-order valence-electron chi connectivity index (χ4n) is 4.18. The van der Waals surface area contributed by atoms with Gasteiger partial charge in [0.25, 0.3) is 0 Å². The number of anilines is 1. The van der Waals surface area contributed by atoms with Gasteiger partial charge in [0.1, 0.15) is 11.3 Å². The summed E-state index contributed by atoms with van der Waals surface area (Å²) >= 11 is 0. The van der Waals surface area contributed by atoms with Gasteiger partial charge in [0.15, 0.2) is 11.5 Å². The molecule has 33 heavy (non-hydrogen) atoms. The van der Waals surface area contributed by atoms with Gasteiger partial charge >= 0.3 is 6.55 Å². The molecule has 4 N–H and O–H groups in total. The molecule has 0 radical (unpaired) electrons. The first-order chi connectivity index (χ1) is 16.0. The maximum Gasteiger partial charge on any atom is 0.331 e. The number of rotatable bonds is 5. The van der Waals surface area contributed by atoms with Crippen LogP contribution < -0.4 is 11.5 Å². The zero-order valence-electron chi connectivity index (χ0n) is 17.6. The maximum atomic E-state index is 12.6. The fourth-order valence-corrected chi connectivity index (χ4v) is 4.18. The Bertz CT molecular complexity index is 1410. The highest BCUT2D eigenvalue weighted by Gasteiger charge is 2.20. The molecule has 0 fully saturated rings. The molecule has 4 aromatic rings. The Morgan fingerprint density at radius 3 is 2.73 bits per heavy atom. The van der Waals surface area contributed by atoms with Crippen LogP contribution in [-0.4, -0.2) is 32.3 Å². The van der Waals surface area contributed by atoms with Crippen LogP contribution in [0.2, 0.25) is 0 Å². The van der Waals surface area contributed by atoms with Crippen LogP contribution in [0.25, 0.3) is 33.8 Å². The van der Waals surface area contributed by atoms with Crippen LogP contribution in [0.3, 0.4) is 0 Å². The summed E-state index contributed by atoms with van der Waals surface area (Å²) in [7, 11) is 0. The number of hydrogen-bond donors (Lipinski definition) is 2. The number of fused-ring (bicyclic) bond motifs is 2. The van der Waals surface area contributed by atoms with Crippen molar-refractivity contribution in [2.75, 3.05) is 5.73 Å². The molecule has 1 aliphatic carbocycles. The van der Waals surface area contributed by atoms with E-state index >= 15 is 0 Å². The monoisotopic (exact) mass is 445 g/mol. The zero-order valence-corrected chi connectivity index (χ0v) is 17.6. The predicted octanol–water partition coefficient (Wildman–Crippen LogP) is 4.15. The number of pyridine rings is 2. The Morgan fingerprint density at radius 1 is 1.09 bits per heavy atom. The molecule has 3 aromatic heterocycles. The Labute approximate surface area is 188 Å². The first-order valence-corrected chi connectivity index (χ1v) is 10.5. The molecule has 1 aliphatic rings. The number of aliphatic imine (C=N–C) groups is 1. The SMILES string of the molecule is N/C=C(\C=N\C(F)F)c1ccc2nc(-c3cccnc3N)n(-c3ccc4c(c3)CCC4)c2n1. The lowest BCUT2D eigenvalue weighted by Gasteiger charge is -2.12. The van der Waals surface area contributed by atoms with E-state index in [2.05, 4.69) is 22.1 Å². The molecule has 3 heterocycles. The van der Waals surface area contributed by atoms with E-state index in [1.807, 2.05) is 16.7 Å². The number of nitrogens with two attached hydrogens (primary N) is 2. The van der Waals surface area contributed by atoms with Crippen LogP contribution in [0, 0.1) is 0 Å². The second-order valence-electron chi connectivity index (χ2n) is 7.73. The number of aromatic nitrogens is 4. The molecule has 9 heteroatoms. The Balaban J connectivity index is 1.75. The van der Waals surface area contributed by atoms with E-state index in [9.17, 15) is 8.78 Å². The lowest BCUT2D eigenvalue weighted by molar-refractivity contribution is 0.161. The van der Waals surface area contributed by atoms with E-state index in [4.69, 9.17) is 21.4 Å². The zero-order chi connectivity index (χ0) is 22.9. The normalized spacial score (nSPS) is 14.0. The summed E-state index contributed by atoms with van der Waals surface area (Å²) in [6.45, 7) is -2.83. The molecule has 0 saturated carbocycles. The van der Waals surface area contributed by atoms with Crippen molar-refractivity contribution >= 4 is 28.8 Å². The lowest BCUT2D eigenvalue weighted by atomic mass is 10.1. The highest BCUT2D eigenvalue weighted by Crippen LogP contribution is 2.33. The van der Waals surface area contributed by atoms with E-state index in [1.54, 1.807) is 24.4 Å². The Morgan fingerprint density at radius 2 is 1.94 bits per heavy atom. The predicted molar refractivity (Wildman–Crippen MR) is 125 cm³/mol. The third kappa shape index (κ3) is 3.82. The number of aryl methyl sites for hydroxylation is 2. The summed E-state index contributed by atoms with van der Waals surface area (Å²) in [4.78, 5) is 16.9. The fraction of sp³-hybridized carbons (Fsp3) is 0.167. The molecule has 0 unspecified atom stereocenters. The van der Waals surface area contributed by atoms with Gasteiger partial charge in [-0.2, -0.15) is 8.78 Å². The summed E-state index contributed by atoms with van der Waals surface area (Å²) in [5.41, 5.74) is 17.9. The van der Waals surface area contributed by atoms with Crippen LogP contribution in [0.4, 0.5) is 14.6 Å².